The molecule has 3 rings (SSSR count). The molecular formula is C20H15F6N5O2. The average molecular weight is 471 g/mol. The van der Waals surface area contributed by atoms with Gasteiger partial charge in [-0.15, -0.1) is 0 Å². The van der Waals surface area contributed by atoms with Gasteiger partial charge in [-0.25, -0.2) is 9.67 Å². The van der Waals surface area contributed by atoms with Crippen molar-refractivity contribution in [2.75, 3.05) is 10.6 Å². The van der Waals surface area contributed by atoms with Crippen LogP contribution < -0.4 is 10.6 Å². The zero-order valence-electron chi connectivity index (χ0n) is 16.7. The number of carbonyl (C=O) groups excluding carboxylic acids is 2. The second-order valence-electron chi connectivity index (χ2n) is 6.87. The molecule has 0 aliphatic carbocycles. The van der Waals surface area contributed by atoms with Gasteiger partial charge in [0.15, 0.2) is 0 Å². The van der Waals surface area contributed by atoms with Gasteiger partial charge in [-0.05, 0) is 49.4 Å². The predicted molar refractivity (Wildman–Crippen MR) is 104 cm³/mol. The average Bonchev–Trinajstić information content (AvgIpc) is 3.27. The lowest BCUT2D eigenvalue weighted by Crippen LogP contribution is -2.24. The van der Waals surface area contributed by atoms with E-state index in [-0.39, 0.29) is 11.8 Å². The number of benzene rings is 2. The Hall–Kier alpha value is -3.90. The molecule has 0 radical (unpaired) electrons. The highest BCUT2D eigenvalue weighted by Crippen LogP contribution is 2.36. The summed E-state index contributed by atoms with van der Waals surface area (Å²) in [6, 6.07) is 5.39. The highest BCUT2D eigenvalue weighted by Gasteiger charge is 2.37. The zero-order chi connectivity index (χ0) is 24.4. The summed E-state index contributed by atoms with van der Waals surface area (Å²) in [5, 5.41) is 8.69. The minimum atomic E-state index is -5.07. The van der Waals surface area contributed by atoms with Gasteiger partial charge in [-0.2, -0.15) is 31.4 Å². The van der Waals surface area contributed by atoms with Crippen molar-refractivity contribution in [3.63, 3.8) is 0 Å². The smallest absolute Gasteiger partial charge is 0.324 e. The van der Waals surface area contributed by atoms with Crippen molar-refractivity contribution in [1.29, 1.82) is 0 Å². The molecule has 1 heterocycles. The summed E-state index contributed by atoms with van der Waals surface area (Å²) in [6.45, 7) is 1.59. The van der Waals surface area contributed by atoms with Gasteiger partial charge in [0.05, 0.1) is 11.1 Å². The van der Waals surface area contributed by atoms with E-state index in [1.807, 2.05) is 0 Å². The molecule has 1 unspecified atom stereocenters. The van der Waals surface area contributed by atoms with Crippen LogP contribution in [-0.2, 0) is 17.1 Å². The lowest BCUT2D eigenvalue weighted by molar-refractivity contribution is -0.143. The molecule has 0 saturated heterocycles. The van der Waals surface area contributed by atoms with E-state index < -0.39 is 46.9 Å². The first kappa shape index (κ1) is 23.8. The largest absolute Gasteiger partial charge is 0.416 e. The first-order valence-electron chi connectivity index (χ1n) is 9.20. The van der Waals surface area contributed by atoms with Gasteiger partial charge in [-0.1, -0.05) is 0 Å². The topological polar surface area (TPSA) is 88.9 Å². The Kier molecular flexibility index (Phi) is 6.42. The summed E-state index contributed by atoms with van der Waals surface area (Å²) in [4.78, 5) is 28.3. The van der Waals surface area contributed by atoms with Gasteiger partial charge in [0.25, 0.3) is 5.91 Å². The monoisotopic (exact) mass is 471 g/mol. The number of hydrogen-bond acceptors (Lipinski definition) is 4. The minimum Gasteiger partial charge on any atom is -0.324 e. The van der Waals surface area contributed by atoms with Crippen molar-refractivity contribution >= 4 is 23.2 Å². The van der Waals surface area contributed by atoms with Crippen LogP contribution in [0.25, 0.3) is 0 Å². The standard InChI is InChI=1S/C20H15F6N5O2/c1-11(31-10-27-9-28-31)17(32)29-15-2-4-16(5-3-15)30-18(33)12-6-13(19(21,22)23)8-14(7-12)20(24,25)26/h2-11H,1H3,(H,29,32)(H,30,33). The molecule has 2 N–H and O–H groups in total. The lowest BCUT2D eigenvalue weighted by Gasteiger charge is -2.14. The van der Waals surface area contributed by atoms with E-state index in [1.165, 1.54) is 41.6 Å². The van der Waals surface area contributed by atoms with E-state index in [9.17, 15) is 35.9 Å². The number of aromatic nitrogens is 3. The van der Waals surface area contributed by atoms with Crippen LogP contribution in [0.1, 0.15) is 34.5 Å². The molecule has 7 nitrogen and oxygen atoms in total. The van der Waals surface area contributed by atoms with Crippen LogP contribution in [0.15, 0.2) is 55.1 Å². The molecule has 3 aromatic rings. The molecule has 0 aliphatic rings. The highest BCUT2D eigenvalue weighted by atomic mass is 19.4. The Bertz CT molecular complexity index is 1110. The predicted octanol–water partition coefficient (Wildman–Crippen LogP) is 4.77. The maximum absolute atomic E-state index is 13.0. The molecule has 1 aromatic heterocycles. The summed E-state index contributed by atoms with van der Waals surface area (Å²) in [7, 11) is 0. The number of rotatable bonds is 5. The van der Waals surface area contributed by atoms with Crippen LogP contribution in [0.5, 0.6) is 0 Å². The third-order valence-corrected chi connectivity index (χ3v) is 4.47. The van der Waals surface area contributed by atoms with Crippen molar-refractivity contribution in [2.24, 2.45) is 0 Å². The lowest BCUT2D eigenvalue weighted by atomic mass is 10.0. The fourth-order valence-corrected chi connectivity index (χ4v) is 2.71. The Labute approximate surface area is 182 Å². The van der Waals surface area contributed by atoms with Crippen LogP contribution >= 0.6 is 0 Å². The van der Waals surface area contributed by atoms with Crippen LogP contribution in [0.3, 0.4) is 0 Å². The molecule has 13 heteroatoms. The molecule has 2 amide bonds. The first-order chi connectivity index (χ1) is 15.3. The van der Waals surface area contributed by atoms with E-state index in [2.05, 4.69) is 20.7 Å². The number of nitrogens with zero attached hydrogens (tertiary/aromatic N) is 3. The second-order valence-corrected chi connectivity index (χ2v) is 6.87. The van der Waals surface area contributed by atoms with E-state index in [4.69, 9.17) is 0 Å². The molecule has 0 bridgehead atoms. The van der Waals surface area contributed by atoms with Crippen molar-refractivity contribution < 1.29 is 35.9 Å². The Morgan fingerprint density at radius 2 is 1.39 bits per heavy atom. The van der Waals surface area contributed by atoms with Crippen molar-refractivity contribution in [2.45, 2.75) is 25.3 Å². The number of carbonyl (C=O) groups is 2. The van der Waals surface area contributed by atoms with Gasteiger partial charge in [-0.3, -0.25) is 9.59 Å². The van der Waals surface area contributed by atoms with Crippen LogP contribution in [-0.4, -0.2) is 26.6 Å². The maximum atomic E-state index is 13.0. The summed E-state index contributed by atoms with van der Waals surface area (Å²) >= 11 is 0. The van der Waals surface area contributed by atoms with Gasteiger partial charge < -0.3 is 10.6 Å². The molecule has 0 saturated carbocycles. The fraction of sp³-hybridized carbons (Fsp3) is 0.200. The Morgan fingerprint density at radius 1 is 0.879 bits per heavy atom. The maximum Gasteiger partial charge on any atom is 0.416 e. The third-order valence-electron chi connectivity index (χ3n) is 4.47. The summed E-state index contributed by atoms with van der Waals surface area (Å²) < 4.78 is 79.2. The molecule has 2 aromatic carbocycles. The SMILES string of the molecule is CC(C(=O)Nc1ccc(NC(=O)c2cc(C(F)(F)F)cc(C(F)(F)F)c2)cc1)n1cncn1. The molecule has 0 aliphatic heterocycles. The zero-order valence-corrected chi connectivity index (χ0v) is 16.7. The first-order valence-corrected chi connectivity index (χ1v) is 9.20. The number of nitrogens with one attached hydrogen (secondary N) is 2. The van der Waals surface area contributed by atoms with Gasteiger partial charge in [0.2, 0.25) is 5.91 Å². The minimum absolute atomic E-state index is 0.0610. The molecule has 174 valence electrons. The summed E-state index contributed by atoms with van der Waals surface area (Å²) in [5.74, 6) is -1.58. The van der Waals surface area contributed by atoms with Crippen LogP contribution in [0, 0.1) is 0 Å². The fourth-order valence-electron chi connectivity index (χ4n) is 2.71. The molecule has 33 heavy (non-hydrogen) atoms. The molecule has 1 atom stereocenters. The van der Waals surface area contributed by atoms with Gasteiger partial charge in [0, 0.05) is 16.9 Å². The van der Waals surface area contributed by atoms with Gasteiger partial charge >= 0.3 is 12.4 Å². The van der Waals surface area contributed by atoms with E-state index in [1.54, 1.807) is 6.92 Å². The molecule has 0 fully saturated rings. The number of halogens is 6. The quantitative estimate of drug-likeness (QED) is 0.525. The summed E-state index contributed by atoms with van der Waals surface area (Å²) in [6.07, 6.45) is -7.51. The third kappa shape index (κ3) is 5.87. The van der Waals surface area contributed by atoms with Crippen molar-refractivity contribution in [3.8, 4) is 0 Å². The Morgan fingerprint density at radius 3 is 1.85 bits per heavy atom. The van der Waals surface area contributed by atoms with Gasteiger partial charge in [0.1, 0.15) is 18.7 Å². The number of hydrogen-bond donors (Lipinski definition) is 2. The summed E-state index contributed by atoms with van der Waals surface area (Å²) in [5.41, 5.74) is -3.57. The van der Waals surface area contributed by atoms with Crippen molar-refractivity contribution in [3.05, 3.63) is 71.8 Å². The number of anilines is 2. The van der Waals surface area contributed by atoms with Crippen LogP contribution in [0.2, 0.25) is 0 Å². The number of amides is 2. The number of alkyl halides is 6. The Balaban J connectivity index is 1.73. The van der Waals surface area contributed by atoms with E-state index >= 15 is 0 Å². The highest BCUT2D eigenvalue weighted by molar-refractivity contribution is 6.04. The normalized spacial score (nSPS) is 12.8. The molecular weight excluding hydrogens is 456 g/mol. The van der Waals surface area contributed by atoms with E-state index in [0.29, 0.717) is 17.8 Å². The second kappa shape index (κ2) is 8.92. The molecule has 0 spiro atoms. The van der Waals surface area contributed by atoms with Crippen molar-refractivity contribution in [1.82, 2.24) is 14.8 Å². The van der Waals surface area contributed by atoms with E-state index in [0.717, 1.165) is 0 Å². The van der Waals surface area contributed by atoms with Crippen LogP contribution in [0.4, 0.5) is 37.7 Å².